The SMILES string of the molecule is CNC(=O)c1ccc(CS(=O)Cc2ccc(CO)cc2)cc1. The molecule has 0 saturated heterocycles. The molecule has 116 valence electrons. The standard InChI is InChI=1S/C17H19NO3S/c1-18-17(20)16-8-6-15(7-9-16)12-22(21)11-14-4-2-13(10-19)3-5-14/h2-9,19H,10-12H2,1H3,(H,18,20). The number of rotatable bonds is 6. The van der Waals surface area contributed by atoms with Crippen LogP contribution in [0.5, 0.6) is 0 Å². The summed E-state index contributed by atoms with van der Waals surface area (Å²) >= 11 is 0. The number of nitrogens with one attached hydrogen (secondary N) is 1. The smallest absolute Gasteiger partial charge is 0.251 e. The van der Waals surface area contributed by atoms with Crippen molar-refractivity contribution in [1.82, 2.24) is 5.32 Å². The minimum atomic E-state index is -1.01. The molecular formula is C17H19NO3S. The Hall–Kier alpha value is -1.98. The molecule has 0 aromatic heterocycles. The third-order valence-corrected chi connectivity index (χ3v) is 4.61. The van der Waals surface area contributed by atoms with Gasteiger partial charge in [-0.2, -0.15) is 0 Å². The van der Waals surface area contributed by atoms with E-state index in [0.717, 1.165) is 16.7 Å². The Morgan fingerprint density at radius 2 is 1.41 bits per heavy atom. The van der Waals surface area contributed by atoms with Gasteiger partial charge in [0.1, 0.15) is 0 Å². The Morgan fingerprint density at radius 3 is 1.86 bits per heavy atom. The highest BCUT2D eigenvalue weighted by Gasteiger charge is 2.06. The van der Waals surface area contributed by atoms with Crippen LogP contribution in [0.2, 0.25) is 0 Å². The molecular weight excluding hydrogens is 298 g/mol. The van der Waals surface area contributed by atoms with Gasteiger partial charge in [0.25, 0.3) is 5.91 Å². The van der Waals surface area contributed by atoms with Crippen molar-refractivity contribution in [3.05, 3.63) is 70.8 Å². The van der Waals surface area contributed by atoms with E-state index in [2.05, 4.69) is 5.32 Å². The molecule has 0 aliphatic carbocycles. The van der Waals surface area contributed by atoms with Crippen molar-refractivity contribution in [1.29, 1.82) is 0 Å². The fourth-order valence-electron chi connectivity index (χ4n) is 2.06. The summed E-state index contributed by atoms with van der Waals surface area (Å²) in [7, 11) is 0.578. The first-order chi connectivity index (χ1) is 10.6. The molecule has 0 spiro atoms. The Labute approximate surface area is 132 Å². The molecule has 0 saturated carbocycles. The Morgan fingerprint density at radius 1 is 0.955 bits per heavy atom. The summed E-state index contributed by atoms with van der Waals surface area (Å²) in [5.74, 6) is 0.801. The average molecular weight is 317 g/mol. The highest BCUT2D eigenvalue weighted by Crippen LogP contribution is 2.12. The van der Waals surface area contributed by atoms with E-state index in [1.807, 2.05) is 36.4 Å². The summed E-state index contributed by atoms with van der Waals surface area (Å²) in [5, 5.41) is 11.6. The van der Waals surface area contributed by atoms with E-state index in [9.17, 15) is 9.00 Å². The van der Waals surface area contributed by atoms with Crippen molar-refractivity contribution < 1.29 is 14.1 Å². The maximum absolute atomic E-state index is 12.2. The van der Waals surface area contributed by atoms with Crippen molar-refractivity contribution in [2.24, 2.45) is 0 Å². The van der Waals surface area contributed by atoms with Crippen LogP contribution < -0.4 is 5.32 Å². The molecule has 22 heavy (non-hydrogen) atoms. The lowest BCUT2D eigenvalue weighted by atomic mass is 10.1. The summed E-state index contributed by atoms with van der Waals surface area (Å²) in [6.45, 7) is 0.0149. The molecule has 4 nitrogen and oxygen atoms in total. The van der Waals surface area contributed by atoms with E-state index in [1.54, 1.807) is 19.2 Å². The second-order valence-corrected chi connectivity index (χ2v) is 6.44. The van der Waals surface area contributed by atoms with Crippen molar-refractivity contribution in [3.8, 4) is 0 Å². The van der Waals surface area contributed by atoms with E-state index < -0.39 is 10.8 Å². The van der Waals surface area contributed by atoms with Crippen molar-refractivity contribution in [2.75, 3.05) is 7.05 Å². The first-order valence-corrected chi connectivity index (χ1v) is 8.46. The monoisotopic (exact) mass is 317 g/mol. The third kappa shape index (κ3) is 4.51. The van der Waals surface area contributed by atoms with Gasteiger partial charge in [0.15, 0.2) is 0 Å². The molecule has 0 aliphatic rings. The van der Waals surface area contributed by atoms with Crippen LogP contribution in [0.3, 0.4) is 0 Å². The summed E-state index contributed by atoms with van der Waals surface area (Å²) in [6.07, 6.45) is 0. The predicted octanol–water partition coefficient (Wildman–Crippen LogP) is 1.99. The quantitative estimate of drug-likeness (QED) is 0.856. The normalized spacial score (nSPS) is 11.9. The molecule has 2 aromatic carbocycles. The van der Waals surface area contributed by atoms with Gasteiger partial charge >= 0.3 is 0 Å². The topological polar surface area (TPSA) is 66.4 Å². The van der Waals surface area contributed by atoms with Crippen LogP contribution in [0.4, 0.5) is 0 Å². The van der Waals surface area contributed by atoms with Crippen LogP contribution in [0.1, 0.15) is 27.0 Å². The zero-order valence-corrected chi connectivity index (χ0v) is 13.2. The lowest BCUT2D eigenvalue weighted by Gasteiger charge is -2.05. The van der Waals surface area contributed by atoms with Crippen LogP contribution in [-0.2, 0) is 28.9 Å². The van der Waals surface area contributed by atoms with Crippen molar-refractivity contribution >= 4 is 16.7 Å². The maximum atomic E-state index is 12.2. The van der Waals surface area contributed by atoms with E-state index in [0.29, 0.717) is 17.1 Å². The summed E-state index contributed by atoms with van der Waals surface area (Å²) in [5.41, 5.74) is 3.37. The molecule has 0 heterocycles. The molecule has 2 N–H and O–H groups in total. The molecule has 2 aromatic rings. The lowest BCUT2D eigenvalue weighted by Crippen LogP contribution is -2.17. The third-order valence-electron chi connectivity index (χ3n) is 3.30. The largest absolute Gasteiger partial charge is 0.392 e. The first kappa shape index (κ1) is 16.4. The molecule has 0 fully saturated rings. The van der Waals surface area contributed by atoms with Gasteiger partial charge in [0.05, 0.1) is 6.61 Å². The van der Waals surface area contributed by atoms with E-state index >= 15 is 0 Å². The minimum Gasteiger partial charge on any atom is -0.392 e. The van der Waals surface area contributed by atoms with Gasteiger partial charge in [0.2, 0.25) is 0 Å². The Balaban J connectivity index is 1.94. The first-order valence-electron chi connectivity index (χ1n) is 6.97. The minimum absolute atomic E-state index is 0.0149. The van der Waals surface area contributed by atoms with Gasteiger partial charge < -0.3 is 10.4 Å². The van der Waals surface area contributed by atoms with Crippen LogP contribution in [0, 0.1) is 0 Å². The molecule has 1 unspecified atom stereocenters. The summed E-state index contributed by atoms with van der Waals surface area (Å²) in [6, 6.07) is 14.6. The van der Waals surface area contributed by atoms with E-state index in [-0.39, 0.29) is 12.5 Å². The summed E-state index contributed by atoms with van der Waals surface area (Å²) < 4.78 is 12.2. The molecule has 2 rings (SSSR count). The highest BCUT2D eigenvalue weighted by molar-refractivity contribution is 7.83. The molecule has 0 radical (unpaired) electrons. The molecule has 1 atom stereocenters. The highest BCUT2D eigenvalue weighted by atomic mass is 32.2. The van der Waals surface area contributed by atoms with Crippen LogP contribution >= 0.6 is 0 Å². The predicted molar refractivity (Wildman–Crippen MR) is 87.7 cm³/mol. The fourth-order valence-corrected chi connectivity index (χ4v) is 3.29. The average Bonchev–Trinajstić information content (AvgIpc) is 2.55. The second kappa shape index (κ2) is 7.87. The number of aliphatic hydroxyl groups excluding tert-OH is 1. The van der Waals surface area contributed by atoms with Crippen molar-refractivity contribution in [3.63, 3.8) is 0 Å². The number of benzene rings is 2. The molecule has 0 bridgehead atoms. The van der Waals surface area contributed by atoms with Crippen LogP contribution in [-0.4, -0.2) is 22.3 Å². The lowest BCUT2D eigenvalue weighted by molar-refractivity contribution is 0.0963. The van der Waals surface area contributed by atoms with Gasteiger partial charge in [-0.15, -0.1) is 0 Å². The summed E-state index contributed by atoms with van der Waals surface area (Å²) in [4.78, 5) is 11.5. The van der Waals surface area contributed by atoms with Gasteiger partial charge in [-0.1, -0.05) is 36.4 Å². The van der Waals surface area contributed by atoms with Crippen LogP contribution in [0.25, 0.3) is 0 Å². The Bertz CT molecular complexity index is 651. The van der Waals surface area contributed by atoms with Gasteiger partial charge in [-0.05, 0) is 28.8 Å². The van der Waals surface area contributed by atoms with Gasteiger partial charge in [0, 0.05) is 34.9 Å². The van der Waals surface area contributed by atoms with E-state index in [4.69, 9.17) is 5.11 Å². The zero-order valence-electron chi connectivity index (χ0n) is 12.4. The molecule has 0 aliphatic heterocycles. The number of carbonyl (C=O) groups excluding carboxylic acids is 1. The van der Waals surface area contributed by atoms with E-state index in [1.165, 1.54) is 0 Å². The molecule has 5 heteroatoms. The van der Waals surface area contributed by atoms with Gasteiger partial charge in [-0.3, -0.25) is 9.00 Å². The fraction of sp³-hybridized carbons (Fsp3) is 0.235. The second-order valence-electron chi connectivity index (χ2n) is 4.98. The van der Waals surface area contributed by atoms with Crippen molar-refractivity contribution in [2.45, 2.75) is 18.1 Å². The number of hydrogen-bond acceptors (Lipinski definition) is 3. The number of carbonyl (C=O) groups is 1. The number of amides is 1. The zero-order chi connectivity index (χ0) is 15.9. The Kier molecular flexibility index (Phi) is 5.86. The molecule has 1 amide bonds. The number of hydrogen-bond donors (Lipinski definition) is 2. The number of aliphatic hydroxyl groups is 1. The van der Waals surface area contributed by atoms with Crippen LogP contribution in [0.15, 0.2) is 48.5 Å². The maximum Gasteiger partial charge on any atom is 0.251 e. The van der Waals surface area contributed by atoms with Gasteiger partial charge in [-0.25, -0.2) is 0 Å².